The van der Waals surface area contributed by atoms with E-state index in [4.69, 9.17) is 17.3 Å². The Hall–Kier alpha value is -0.620. The number of nitrogen functional groups attached to an aromatic ring is 1. The van der Waals surface area contributed by atoms with E-state index in [1.165, 1.54) is 7.05 Å². The largest absolute Gasteiger partial charge is 0.417 e. The number of anilines is 2. The van der Waals surface area contributed by atoms with E-state index in [0.717, 1.165) is 6.07 Å². The summed E-state index contributed by atoms with van der Waals surface area (Å²) in [5.74, 6) is 0. The number of nitrogens with two attached hydrogens (primary N) is 1. The second kappa shape index (κ2) is 4.09. The van der Waals surface area contributed by atoms with E-state index >= 15 is 0 Å². The molecule has 0 aliphatic rings. The molecule has 2 nitrogen and oxygen atoms in total. The Morgan fingerprint density at radius 1 is 1.47 bits per heavy atom. The van der Waals surface area contributed by atoms with Crippen LogP contribution >= 0.6 is 27.5 Å². The molecule has 15 heavy (non-hydrogen) atoms. The molecule has 0 unspecified atom stereocenters. The fourth-order valence-corrected chi connectivity index (χ4v) is 1.81. The van der Waals surface area contributed by atoms with Crippen LogP contribution in [0.2, 0.25) is 5.02 Å². The smallest absolute Gasteiger partial charge is 0.396 e. The summed E-state index contributed by atoms with van der Waals surface area (Å²) >= 11 is 8.43. The number of halogens is 5. The molecule has 84 valence electrons. The van der Waals surface area contributed by atoms with Crippen LogP contribution in [-0.4, -0.2) is 7.05 Å². The van der Waals surface area contributed by atoms with Crippen LogP contribution in [0, 0.1) is 0 Å². The molecular formula is C8H7BrClF3N2. The minimum Gasteiger partial charge on any atom is -0.396 e. The molecular weight excluding hydrogens is 296 g/mol. The second-order valence-electron chi connectivity index (χ2n) is 2.76. The van der Waals surface area contributed by atoms with E-state index in [1.807, 2.05) is 0 Å². The molecule has 0 aliphatic heterocycles. The van der Waals surface area contributed by atoms with E-state index in [2.05, 4.69) is 21.2 Å². The Balaban J connectivity index is 3.49. The number of hydrogen-bond acceptors (Lipinski definition) is 2. The van der Waals surface area contributed by atoms with Gasteiger partial charge in [-0.2, -0.15) is 13.2 Å². The van der Waals surface area contributed by atoms with Crippen molar-refractivity contribution in [2.75, 3.05) is 18.1 Å². The highest BCUT2D eigenvalue weighted by molar-refractivity contribution is 9.10. The van der Waals surface area contributed by atoms with Crippen LogP contribution in [0.5, 0.6) is 0 Å². The van der Waals surface area contributed by atoms with Crippen molar-refractivity contribution in [1.29, 1.82) is 0 Å². The minimum atomic E-state index is -4.47. The monoisotopic (exact) mass is 302 g/mol. The van der Waals surface area contributed by atoms with Gasteiger partial charge in [-0.15, -0.1) is 0 Å². The van der Waals surface area contributed by atoms with Crippen molar-refractivity contribution in [3.05, 3.63) is 21.1 Å². The first-order valence-corrected chi connectivity index (χ1v) is 4.98. The summed E-state index contributed by atoms with van der Waals surface area (Å²) in [6.07, 6.45) is -4.47. The number of rotatable bonds is 1. The standard InChI is InChI=1S/C8H7BrClF3N2/c1-15-4-2-3(8(11,12)13)5(9)6(10)7(4)14/h2,15H,14H2,1H3. The van der Waals surface area contributed by atoms with Crippen molar-refractivity contribution < 1.29 is 13.2 Å². The maximum atomic E-state index is 12.5. The van der Waals surface area contributed by atoms with Crippen LogP contribution in [0.15, 0.2) is 10.5 Å². The zero-order valence-corrected chi connectivity index (χ0v) is 9.89. The highest BCUT2D eigenvalue weighted by Gasteiger charge is 2.35. The Morgan fingerprint density at radius 2 is 2.00 bits per heavy atom. The molecule has 0 saturated carbocycles. The molecule has 1 aromatic carbocycles. The second-order valence-corrected chi connectivity index (χ2v) is 3.93. The van der Waals surface area contributed by atoms with Gasteiger partial charge in [-0.05, 0) is 22.0 Å². The van der Waals surface area contributed by atoms with E-state index in [-0.39, 0.29) is 20.9 Å². The number of benzene rings is 1. The summed E-state index contributed by atoms with van der Waals surface area (Å²) in [6, 6.07) is 0.908. The van der Waals surface area contributed by atoms with E-state index < -0.39 is 11.7 Å². The first-order valence-electron chi connectivity index (χ1n) is 3.81. The molecule has 1 aromatic rings. The van der Waals surface area contributed by atoms with Gasteiger partial charge in [-0.25, -0.2) is 0 Å². The molecule has 0 spiro atoms. The molecule has 0 heterocycles. The Bertz CT molecular complexity index is 392. The molecule has 7 heteroatoms. The lowest BCUT2D eigenvalue weighted by molar-refractivity contribution is -0.138. The quantitative estimate of drug-likeness (QED) is 0.776. The average Bonchev–Trinajstić information content (AvgIpc) is 2.13. The van der Waals surface area contributed by atoms with Crippen molar-refractivity contribution in [3.8, 4) is 0 Å². The molecule has 0 bridgehead atoms. The van der Waals surface area contributed by atoms with Gasteiger partial charge in [0.2, 0.25) is 0 Å². The van der Waals surface area contributed by atoms with Crippen LogP contribution < -0.4 is 11.1 Å². The van der Waals surface area contributed by atoms with Gasteiger partial charge in [0.05, 0.1) is 26.4 Å². The maximum Gasteiger partial charge on any atom is 0.417 e. The average molecular weight is 304 g/mol. The van der Waals surface area contributed by atoms with E-state index in [0.29, 0.717) is 0 Å². The molecule has 1 rings (SSSR count). The summed E-state index contributed by atoms with van der Waals surface area (Å²) in [5.41, 5.74) is 4.89. The van der Waals surface area contributed by atoms with Gasteiger partial charge < -0.3 is 11.1 Å². The van der Waals surface area contributed by atoms with Crippen molar-refractivity contribution >= 4 is 38.9 Å². The van der Waals surface area contributed by atoms with Gasteiger partial charge in [-0.1, -0.05) is 11.6 Å². The molecule has 0 saturated heterocycles. The topological polar surface area (TPSA) is 38.0 Å². The van der Waals surface area contributed by atoms with Gasteiger partial charge in [-0.3, -0.25) is 0 Å². The predicted octanol–water partition coefficient (Wildman–Crippen LogP) is 3.75. The predicted molar refractivity (Wildman–Crippen MR) is 58.1 cm³/mol. The first kappa shape index (κ1) is 12.4. The molecule has 3 N–H and O–H groups in total. The summed E-state index contributed by atoms with van der Waals surface area (Å²) in [6.45, 7) is 0. The molecule has 0 aliphatic carbocycles. The number of hydrogen-bond donors (Lipinski definition) is 2. The van der Waals surface area contributed by atoms with Crippen molar-refractivity contribution in [3.63, 3.8) is 0 Å². The Kier molecular flexibility index (Phi) is 3.40. The summed E-state index contributed by atoms with van der Waals surface area (Å²) in [5, 5.41) is 2.40. The van der Waals surface area contributed by atoms with Crippen molar-refractivity contribution in [2.45, 2.75) is 6.18 Å². The van der Waals surface area contributed by atoms with E-state index in [9.17, 15) is 13.2 Å². The van der Waals surface area contributed by atoms with Gasteiger partial charge in [0.25, 0.3) is 0 Å². The highest BCUT2D eigenvalue weighted by Crippen LogP contribution is 2.43. The first-order chi connectivity index (χ1) is 6.79. The minimum absolute atomic E-state index is 0.0824. The summed E-state index contributed by atoms with van der Waals surface area (Å²) in [4.78, 5) is 0. The number of alkyl halides is 3. The van der Waals surface area contributed by atoms with Crippen molar-refractivity contribution in [1.82, 2.24) is 0 Å². The van der Waals surface area contributed by atoms with Gasteiger partial charge >= 0.3 is 6.18 Å². The fourth-order valence-electron chi connectivity index (χ4n) is 1.05. The normalized spacial score (nSPS) is 11.6. The highest BCUT2D eigenvalue weighted by atomic mass is 79.9. The van der Waals surface area contributed by atoms with Crippen LogP contribution in [-0.2, 0) is 6.18 Å². The van der Waals surface area contributed by atoms with Gasteiger partial charge in [0.1, 0.15) is 0 Å². The zero-order chi connectivity index (χ0) is 11.8. The lowest BCUT2D eigenvalue weighted by Crippen LogP contribution is -2.09. The van der Waals surface area contributed by atoms with Crippen molar-refractivity contribution in [2.24, 2.45) is 0 Å². The lowest BCUT2D eigenvalue weighted by Gasteiger charge is -2.15. The molecule has 0 aromatic heterocycles. The lowest BCUT2D eigenvalue weighted by atomic mass is 10.1. The van der Waals surface area contributed by atoms with Crippen LogP contribution in [0.3, 0.4) is 0 Å². The SMILES string of the molecule is CNc1cc(C(F)(F)F)c(Br)c(Cl)c1N. The van der Waals surface area contributed by atoms with E-state index in [1.54, 1.807) is 0 Å². The maximum absolute atomic E-state index is 12.5. The third-order valence-corrected chi connectivity index (χ3v) is 3.26. The van der Waals surface area contributed by atoms with Crippen LogP contribution in [0.25, 0.3) is 0 Å². The third-order valence-electron chi connectivity index (χ3n) is 1.82. The Morgan fingerprint density at radius 3 is 2.40 bits per heavy atom. The summed E-state index contributed by atoms with van der Waals surface area (Å²) in [7, 11) is 1.47. The molecule has 0 radical (unpaired) electrons. The van der Waals surface area contributed by atoms with Crippen LogP contribution in [0.4, 0.5) is 24.5 Å². The number of nitrogens with one attached hydrogen (secondary N) is 1. The van der Waals surface area contributed by atoms with Gasteiger partial charge in [0, 0.05) is 7.05 Å². The zero-order valence-electron chi connectivity index (χ0n) is 7.54. The molecule has 0 atom stereocenters. The van der Waals surface area contributed by atoms with Gasteiger partial charge in [0.15, 0.2) is 0 Å². The van der Waals surface area contributed by atoms with Crippen LogP contribution in [0.1, 0.15) is 5.56 Å². The molecule has 0 fully saturated rings. The Labute approximate surface area is 97.7 Å². The molecule has 0 amide bonds. The third kappa shape index (κ3) is 2.31. The summed E-state index contributed by atoms with van der Waals surface area (Å²) < 4.78 is 37.3. The fraction of sp³-hybridized carbons (Fsp3) is 0.250.